The van der Waals surface area contributed by atoms with Crippen LogP contribution in [0.1, 0.15) is 26.7 Å². The molecule has 0 radical (unpaired) electrons. The number of carbonyl (C=O) groups excluding carboxylic acids is 2. The van der Waals surface area contributed by atoms with E-state index in [4.69, 9.17) is 0 Å². The van der Waals surface area contributed by atoms with Crippen LogP contribution >= 0.6 is 0 Å². The second-order valence-corrected chi connectivity index (χ2v) is 5.91. The van der Waals surface area contributed by atoms with Crippen molar-refractivity contribution < 1.29 is 9.59 Å². The quantitative estimate of drug-likeness (QED) is 0.766. The van der Waals surface area contributed by atoms with Crippen LogP contribution in [0.2, 0.25) is 0 Å². The molecule has 108 valence electrons. The van der Waals surface area contributed by atoms with E-state index < -0.39 is 0 Å². The van der Waals surface area contributed by atoms with Crippen LogP contribution in [0, 0.1) is 17.8 Å². The van der Waals surface area contributed by atoms with Gasteiger partial charge in [-0.2, -0.15) is 0 Å². The molecule has 0 spiro atoms. The average Bonchev–Trinajstić information content (AvgIpc) is 2.34. The SMILES string of the molecule is CC(=O)NCC1CCN(C(=O)C(C)C2CNC2)CC1. The molecule has 2 saturated heterocycles. The maximum atomic E-state index is 12.3. The van der Waals surface area contributed by atoms with Crippen LogP contribution in [0.4, 0.5) is 0 Å². The summed E-state index contributed by atoms with van der Waals surface area (Å²) in [4.78, 5) is 25.2. The molecule has 2 aliphatic heterocycles. The lowest BCUT2D eigenvalue weighted by molar-refractivity contribution is -0.139. The Morgan fingerprint density at radius 1 is 1.32 bits per heavy atom. The molecule has 2 heterocycles. The van der Waals surface area contributed by atoms with Crippen molar-refractivity contribution in [1.29, 1.82) is 0 Å². The van der Waals surface area contributed by atoms with Crippen molar-refractivity contribution in [3.05, 3.63) is 0 Å². The number of rotatable bonds is 4. The first-order chi connectivity index (χ1) is 9.08. The van der Waals surface area contributed by atoms with Gasteiger partial charge in [-0.3, -0.25) is 9.59 Å². The molecule has 0 aromatic rings. The fourth-order valence-corrected chi connectivity index (χ4v) is 2.80. The number of nitrogens with one attached hydrogen (secondary N) is 2. The average molecular weight is 267 g/mol. The van der Waals surface area contributed by atoms with E-state index in [9.17, 15) is 9.59 Å². The highest BCUT2D eigenvalue weighted by atomic mass is 16.2. The van der Waals surface area contributed by atoms with Crippen LogP contribution in [0.15, 0.2) is 0 Å². The Morgan fingerprint density at radius 3 is 2.42 bits per heavy atom. The number of hydrogen-bond donors (Lipinski definition) is 2. The Balaban J connectivity index is 1.72. The standard InChI is InChI=1S/C14H25N3O2/c1-10(13-8-15-9-13)14(19)17-5-3-12(4-6-17)7-16-11(2)18/h10,12-13,15H,3-9H2,1-2H3,(H,16,18). The third-order valence-electron chi connectivity index (χ3n) is 4.48. The molecule has 2 amide bonds. The summed E-state index contributed by atoms with van der Waals surface area (Å²) in [5.41, 5.74) is 0. The fourth-order valence-electron chi connectivity index (χ4n) is 2.80. The molecule has 5 nitrogen and oxygen atoms in total. The Bertz CT molecular complexity index is 334. The van der Waals surface area contributed by atoms with E-state index in [1.165, 1.54) is 0 Å². The largest absolute Gasteiger partial charge is 0.356 e. The lowest BCUT2D eigenvalue weighted by Crippen LogP contribution is -2.51. The third-order valence-corrected chi connectivity index (χ3v) is 4.48. The van der Waals surface area contributed by atoms with Crippen LogP contribution in [0.5, 0.6) is 0 Å². The lowest BCUT2D eigenvalue weighted by Gasteiger charge is -2.38. The number of nitrogens with zero attached hydrogens (tertiary/aromatic N) is 1. The molecule has 1 atom stereocenters. The molecule has 0 bridgehead atoms. The first-order valence-electron chi connectivity index (χ1n) is 7.32. The van der Waals surface area contributed by atoms with Crippen LogP contribution in [-0.4, -0.2) is 49.4 Å². The van der Waals surface area contributed by atoms with E-state index in [-0.39, 0.29) is 11.8 Å². The Labute approximate surface area is 115 Å². The minimum atomic E-state index is 0.0320. The van der Waals surface area contributed by atoms with Gasteiger partial charge in [0, 0.05) is 32.5 Å². The zero-order valence-corrected chi connectivity index (χ0v) is 11.9. The summed E-state index contributed by atoms with van der Waals surface area (Å²) in [5.74, 6) is 1.53. The van der Waals surface area contributed by atoms with Gasteiger partial charge in [0.1, 0.15) is 0 Å². The van der Waals surface area contributed by atoms with Gasteiger partial charge in [0.05, 0.1) is 0 Å². The van der Waals surface area contributed by atoms with Gasteiger partial charge in [0.2, 0.25) is 11.8 Å². The molecule has 0 saturated carbocycles. The number of amides is 2. The number of piperidine rings is 1. The molecule has 2 rings (SSSR count). The van der Waals surface area contributed by atoms with Gasteiger partial charge in [-0.25, -0.2) is 0 Å². The molecule has 0 aliphatic carbocycles. The van der Waals surface area contributed by atoms with E-state index in [1.54, 1.807) is 6.92 Å². The van der Waals surface area contributed by atoms with Crippen molar-refractivity contribution in [2.75, 3.05) is 32.7 Å². The highest BCUT2D eigenvalue weighted by Crippen LogP contribution is 2.22. The molecule has 0 aromatic carbocycles. The zero-order chi connectivity index (χ0) is 13.8. The highest BCUT2D eigenvalue weighted by molar-refractivity contribution is 5.79. The summed E-state index contributed by atoms with van der Waals surface area (Å²) in [7, 11) is 0. The topological polar surface area (TPSA) is 61.4 Å². The van der Waals surface area contributed by atoms with Gasteiger partial charge in [0.15, 0.2) is 0 Å². The number of hydrogen-bond acceptors (Lipinski definition) is 3. The number of likely N-dealkylation sites (tertiary alicyclic amines) is 1. The molecule has 1 unspecified atom stereocenters. The van der Waals surface area contributed by atoms with Crippen molar-refractivity contribution in [3.8, 4) is 0 Å². The summed E-state index contributed by atoms with van der Waals surface area (Å²) in [5, 5.41) is 6.09. The Morgan fingerprint density at radius 2 is 1.95 bits per heavy atom. The van der Waals surface area contributed by atoms with Gasteiger partial charge in [0.25, 0.3) is 0 Å². The Hall–Kier alpha value is -1.10. The minimum Gasteiger partial charge on any atom is -0.356 e. The van der Waals surface area contributed by atoms with E-state index in [1.807, 2.05) is 4.90 Å². The first-order valence-corrected chi connectivity index (χ1v) is 7.32. The second-order valence-electron chi connectivity index (χ2n) is 5.91. The lowest BCUT2D eigenvalue weighted by atomic mass is 9.87. The van der Waals surface area contributed by atoms with Gasteiger partial charge >= 0.3 is 0 Å². The molecular formula is C14H25N3O2. The molecule has 2 fully saturated rings. The molecule has 19 heavy (non-hydrogen) atoms. The third kappa shape index (κ3) is 3.69. The second kappa shape index (κ2) is 6.37. The predicted molar refractivity (Wildman–Crippen MR) is 73.5 cm³/mol. The summed E-state index contributed by atoms with van der Waals surface area (Å²) in [6.07, 6.45) is 2.00. The van der Waals surface area contributed by atoms with Crippen LogP contribution in [0.25, 0.3) is 0 Å². The summed E-state index contributed by atoms with van der Waals surface area (Å²) in [6, 6.07) is 0. The van der Waals surface area contributed by atoms with Gasteiger partial charge in [-0.05, 0) is 37.8 Å². The van der Waals surface area contributed by atoms with Crippen LogP contribution in [0.3, 0.4) is 0 Å². The predicted octanol–water partition coefficient (Wildman–Crippen LogP) is 0.217. The summed E-state index contributed by atoms with van der Waals surface area (Å²) < 4.78 is 0. The van der Waals surface area contributed by atoms with E-state index >= 15 is 0 Å². The highest BCUT2D eigenvalue weighted by Gasteiger charge is 2.33. The monoisotopic (exact) mass is 267 g/mol. The summed E-state index contributed by atoms with van der Waals surface area (Å²) in [6.45, 7) is 7.99. The van der Waals surface area contributed by atoms with Crippen LogP contribution in [-0.2, 0) is 9.59 Å². The smallest absolute Gasteiger partial charge is 0.225 e. The zero-order valence-electron chi connectivity index (χ0n) is 11.9. The first kappa shape index (κ1) is 14.3. The van der Waals surface area contributed by atoms with E-state index in [0.717, 1.165) is 45.6 Å². The van der Waals surface area contributed by atoms with Crippen molar-refractivity contribution in [2.24, 2.45) is 17.8 Å². The maximum absolute atomic E-state index is 12.3. The minimum absolute atomic E-state index is 0.0320. The van der Waals surface area contributed by atoms with Crippen molar-refractivity contribution in [1.82, 2.24) is 15.5 Å². The van der Waals surface area contributed by atoms with E-state index in [2.05, 4.69) is 17.6 Å². The molecular weight excluding hydrogens is 242 g/mol. The summed E-state index contributed by atoms with van der Waals surface area (Å²) >= 11 is 0. The molecule has 0 aromatic heterocycles. The van der Waals surface area contributed by atoms with Crippen molar-refractivity contribution in [3.63, 3.8) is 0 Å². The number of carbonyl (C=O) groups is 2. The fraction of sp³-hybridized carbons (Fsp3) is 0.857. The van der Waals surface area contributed by atoms with Gasteiger partial charge in [-0.1, -0.05) is 6.92 Å². The molecule has 2 aliphatic rings. The maximum Gasteiger partial charge on any atom is 0.225 e. The van der Waals surface area contributed by atoms with Gasteiger partial charge in [-0.15, -0.1) is 0 Å². The van der Waals surface area contributed by atoms with Crippen molar-refractivity contribution >= 4 is 11.8 Å². The molecule has 2 N–H and O–H groups in total. The van der Waals surface area contributed by atoms with Crippen molar-refractivity contribution in [2.45, 2.75) is 26.7 Å². The van der Waals surface area contributed by atoms with Gasteiger partial charge < -0.3 is 15.5 Å². The van der Waals surface area contributed by atoms with Crippen LogP contribution < -0.4 is 10.6 Å². The molecule has 5 heteroatoms. The Kier molecular flexibility index (Phi) is 4.80. The van der Waals surface area contributed by atoms with E-state index in [0.29, 0.717) is 17.7 Å². The normalized spacial score (nSPS) is 22.7.